The summed E-state index contributed by atoms with van der Waals surface area (Å²) in [5.74, 6) is 2.37. The van der Waals surface area contributed by atoms with Crippen molar-refractivity contribution in [2.75, 3.05) is 20.3 Å². The van der Waals surface area contributed by atoms with E-state index in [1.54, 1.807) is 7.11 Å². The Morgan fingerprint density at radius 3 is 2.94 bits per heavy atom. The van der Waals surface area contributed by atoms with Crippen LogP contribution in [-0.2, 0) is 21.3 Å². The number of aromatic nitrogens is 3. The Morgan fingerprint density at radius 1 is 1.53 bits per heavy atom. The third-order valence-corrected chi connectivity index (χ3v) is 3.64. The predicted molar refractivity (Wildman–Crippen MR) is 67.0 cm³/mol. The lowest BCUT2D eigenvalue weighted by Crippen LogP contribution is -2.16. The van der Waals surface area contributed by atoms with Crippen LogP contribution in [0.25, 0.3) is 0 Å². The first-order valence-electron chi connectivity index (χ1n) is 5.86. The molecule has 0 N–H and O–H groups in total. The first-order valence-corrected chi connectivity index (χ1v) is 6.98. The number of nitrogens with zero attached hydrogens (tertiary/aromatic N) is 3. The summed E-state index contributed by atoms with van der Waals surface area (Å²) in [4.78, 5) is 0. The predicted octanol–water partition coefficient (Wildman–Crippen LogP) is 1.92. The number of ether oxygens (including phenoxy) is 2. The van der Waals surface area contributed by atoms with E-state index in [0.29, 0.717) is 17.9 Å². The molecule has 6 heteroatoms. The van der Waals surface area contributed by atoms with Crippen molar-refractivity contribution < 1.29 is 9.47 Å². The highest BCUT2D eigenvalue weighted by Crippen LogP contribution is 2.33. The molecule has 0 aromatic carbocycles. The number of methoxy groups -OCH3 is 1. The van der Waals surface area contributed by atoms with E-state index in [2.05, 4.69) is 37.6 Å². The molecule has 96 valence electrons. The van der Waals surface area contributed by atoms with Gasteiger partial charge in [0.15, 0.2) is 5.82 Å². The molecule has 5 nitrogen and oxygen atoms in total. The first-order chi connectivity index (χ1) is 8.27. The van der Waals surface area contributed by atoms with Gasteiger partial charge in [-0.1, -0.05) is 22.9 Å². The summed E-state index contributed by atoms with van der Waals surface area (Å²) in [5, 5.41) is 9.17. The number of hydrogen-bond acceptors (Lipinski definition) is 4. The van der Waals surface area contributed by atoms with Gasteiger partial charge in [-0.15, -0.1) is 10.2 Å². The van der Waals surface area contributed by atoms with Crippen molar-refractivity contribution in [1.29, 1.82) is 0 Å². The fourth-order valence-corrected chi connectivity index (χ4v) is 2.53. The summed E-state index contributed by atoms with van der Waals surface area (Å²) in [6.45, 7) is 4.44. The van der Waals surface area contributed by atoms with Crippen LogP contribution >= 0.6 is 15.9 Å². The molecule has 0 amide bonds. The Morgan fingerprint density at radius 2 is 2.35 bits per heavy atom. The molecule has 0 saturated carbocycles. The summed E-state index contributed by atoms with van der Waals surface area (Å²) < 4.78 is 13.0. The van der Waals surface area contributed by atoms with Gasteiger partial charge < -0.3 is 14.0 Å². The maximum atomic E-state index is 5.75. The maximum Gasteiger partial charge on any atom is 0.162 e. The standard InChI is InChI=1S/C11H18BrN3O2/c1-8-3-5-17-10(8)11-14-13-9(7-12)15(11)4-6-16-2/h8,10H,3-7H2,1-2H3. The van der Waals surface area contributed by atoms with Crippen LogP contribution < -0.4 is 0 Å². The number of hydrogen-bond donors (Lipinski definition) is 0. The average molecular weight is 304 g/mol. The minimum absolute atomic E-state index is 0.0761. The molecule has 2 unspecified atom stereocenters. The number of halogens is 1. The second kappa shape index (κ2) is 5.93. The van der Waals surface area contributed by atoms with Crippen molar-refractivity contribution in [3.63, 3.8) is 0 Å². The Hall–Kier alpha value is -0.460. The molecule has 2 rings (SSSR count). The topological polar surface area (TPSA) is 49.2 Å². The molecule has 1 aliphatic heterocycles. The number of alkyl halides is 1. The average Bonchev–Trinajstić information content (AvgIpc) is 2.91. The molecule has 0 spiro atoms. The second-order valence-electron chi connectivity index (χ2n) is 4.31. The second-order valence-corrected chi connectivity index (χ2v) is 4.87. The fourth-order valence-electron chi connectivity index (χ4n) is 2.11. The van der Waals surface area contributed by atoms with Gasteiger partial charge in [0.25, 0.3) is 0 Å². The van der Waals surface area contributed by atoms with E-state index in [4.69, 9.17) is 9.47 Å². The van der Waals surface area contributed by atoms with Crippen LogP contribution in [0.3, 0.4) is 0 Å². The Kier molecular flexibility index (Phi) is 4.53. The van der Waals surface area contributed by atoms with Gasteiger partial charge in [-0.2, -0.15) is 0 Å². The summed E-state index contributed by atoms with van der Waals surface area (Å²) >= 11 is 3.43. The highest BCUT2D eigenvalue weighted by molar-refractivity contribution is 9.08. The largest absolute Gasteiger partial charge is 0.383 e. The van der Waals surface area contributed by atoms with E-state index in [1.807, 2.05) is 0 Å². The van der Waals surface area contributed by atoms with Crippen LogP contribution in [0.2, 0.25) is 0 Å². The molecular formula is C11H18BrN3O2. The van der Waals surface area contributed by atoms with Gasteiger partial charge >= 0.3 is 0 Å². The Balaban J connectivity index is 2.23. The molecular weight excluding hydrogens is 286 g/mol. The molecule has 1 fully saturated rings. The third kappa shape index (κ3) is 2.69. The van der Waals surface area contributed by atoms with Crippen molar-refractivity contribution in [3.8, 4) is 0 Å². The monoisotopic (exact) mass is 303 g/mol. The van der Waals surface area contributed by atoms with Gasteiger partial charge in [-0.05, 0) is 12.3 Å². The summed E-state index contributed by atoms with van der Waals surface area (Å²) in [5.41, 5.74) is 0. The molecule has 1 aliphatic rings. The van der Waals surface area contributed by atoms with Gasteiger partial charge in [0.05, 0.1) is 11.9 Å². The van der Waals surface area contributed by atoms with Crippen LogP contribution in [0.5, 0.6) is 0 Å². The van der Waals surface area contributed by atoms with Gasteiger partial charge in [0, 0.05) is 20.3 Å². The lowest BCUT2D eigenvalue weighted by atomic mass is 10.0. The van der Waals surface area contributed by atoms with Crippen molar-refractivity contribution in [1.82, 2.24) is 14.8 Å². The van der Waals surface area contributed by atoms with Gasteiger partial charge in [0.2, 0.25) is 0 Å². The van der Waals surface area contributed by atoms with Crippen LogP contribution in [0.4, 0.5) is 0 Å². The molecule has 0 bridgehead atoms. The minimum Gasteiger partial charge on any atom is -0.383 e. The lowest BCUT2D eigenvalue weighted by molar-refractivity contribution is 0.0819. The van der Waals surface area contributed by atoms with E-state index in [9.17, 15) is 0 Å². The smallest absolute Gasteiger partial charge is 0.162 e. The molecule has 0 aliphatic carbocycles. The first kappa shape index (κ1) is 13.0. The van der Waals surface area contributed by atoms with E-state index in [-0.39, 0.29) is 6.10 Å². The zero-order valence-corrected chi connectivity index (χ0v) is 11.8. The highest BCUT2D eigenvalue weighted by atomic mass is 79.9. The normalized spacial score (nSPS) is 24.4. The maximum absolute atomic E-state index is 5.75. The third-order valence-electron chi connectivity index (χ3n) is 3.14. The van der Waals surface area contributed by atoms with E-state index in [0.717, 1.165) is 31.2 Å². The molecule has 2 atom stereocenters. The Bertz CT molecular complexity index is 370. The van der Waals surface area contributed by atoms with E-state index in [1.165, 1.54) is 0 Å². The zero-order valence-electron chi connectivity index (χ0n) is 10.2. The molecule has 2 heterocycles. The van der Waals surface area contributed by atoms with E-state index < -0.39 is 0 Å². The quantitative estimate of drug-likeness (QED) is 0.780. The molecule has 0 radical (unpaired) electrons. The van der Waals surface area contributed by atoms with Gasteiger partial charge in [0.1, 0.15) is 11.9 Å². The SMILES string of the molecule is COCCn1c(CBr)nnc1C1OCCC1C. The van der Waals surface area contributed by atoms with Crippen molar-refractivity contribution >= 4 is 15.9 Å². The van der Waals surface area contributed by atoms with E-state index >= 15 is 0 Å². The van der Waals surface area contributed by atoms with Crippen LogP contribution in [0.15, 0.2) is 0 Å². The molecule has 1 saturated heterocycles. The lowest BCUT2D eigenvalue weighted by Gasteiger charge is -2.16. The van der Waals surface area contributed by atoms with Crippen LogP contribution in [0.1, 0.15) is 31.1 Å². The highest BCUT2D eigenvalue weighted by Gasteiger charge is 2.31. The summed E-state index contributed by atoms with van der Waals surface area (Å²) in [7, 11) is 1.70. The fraction of sp³-hybridized carbons (Fsp3) is 0.818. The van der Waals surface area contributed by atoms with Crippen LogP contribution in [-0.4, -0.2) is 35.1 Å². The van der Waals surface area contributed by atoms with Crippen molar-refractivity contribution in [2.45, 2.75) is 31.3 Å². The summed E-state index contributed by atoms with van der Waals surface area (Å²) in [6, 6.07) is 0. The van der Waals surface area contributed by atoms with Crippen molar-refractivity contribution in [3.05, 3.63) is 11.6 Å². The van der Waals surface area contributed by atoms with Gasteiger partial charge in [-0.25, -0.2) is 0 Å². The molecule has 1 aromatic rings. The molecule has 17 heavy (non-hydrogen) atoms. The van der Waals surface area contributed by atoms with Crippen LogP contribution in [0, 0.1) is 5.92 Å². The summed E-state index contributed by atoms with van der Waals surface area (Å²) in [6.07, 6.45) is 1.16. The molecule has 1 aromatic heterocycles. The minimum atomic E-state index is 0.0761. The van der Waals surface area contributed by atoms with Gasteiger partial charge in [-0.3, -0.25) is 0 Å². The van der Waals surface area contributed by atoms with Crippen molar-refractivity contribution in [2.24, 2.45) is 5.92 Å². The Labute approximate surface area is 110 Å². The zero-order chi connectivity index (χ0) is 12.3. The number of rotatable bonds is 5.